The lowest BCUT2D eigenvalue weighted by Gasteiger charge is -2.38. The Morgan fingerprint density at radius 2 is 1.88 bits per heavy atom. The highest BCUT2D eigenvalue weighted by Crippen LogP contribution is 2.32. The van der Waals surface area contributed by atoms with Crippen LogP contribution in [0.4, 0.5) is 10.1 Å². The molecule has 10 nitrogen and oxygen atoms in total. The number of nitrogens with one attached hydrogen (secondary N) is 1. The van der Waals surface area contributed by atoms with Crippen molar-refractivity contribution in [2.45, 2.75) is 35.1 Å². The van der Waals surface area contributed by atoms with E-state index in [2.05, 4.69) is 4.72 Å². The first kappa shape index (κ1) is 29.9. The highest BCUT2D eigenvalue weighted by Gasteiger charge is 2.35. The molecule has 0 spiro atoms. The number of amides is 1. The van der Waals surface area contributed by atoms with Crippen molar-refractivity contribution in [1.82, 2.24) is 9.21 Å². The van der Waals surface area contributed by atoms with Crippen molar-refractivity contribution < 1.29 is 35.9 Å². The van der Waals surface area contributed by atoms with Gasteiger partial charge in [-0.25, -0.2) is 21.2 Å². The summed E-state index contributed by atoms with van der Waals surface area (Å²) in [6.45, 7) is 3.21. The predicted molar refractivity (Wildman–Crippen MR) is 149 cm³/mol. The topological polar surface area (TPSA) is 133 Å². The molecule has 0 saturated carbocycles. The van der Waals surface area contributed by atoms with Crippen molar-refractivity contribution in [1.29, 1.82) is 0 Å². The largest absolute Gasteiger partial charge is 0.488 e. The van der Waals surface area contributed by atoms with Crippen LogP contribution in [0.5, 0.6) is 5.75 Å². The van der Waals surface area contributed by atoms with Gasteiger partial charge in [0.15, 0.2) is 0 Å². The zero-order chi connectivity index (χ0) is 29.2. The van der Waals surface area contributed by atoms with Crippen molar-refractivity contribution in [3.05, 3.63) is 71.4 Å². The number of sulfonamides is 2. The van der Waals surface area contributed by atoms with E-state index in [9.17, 15) is 31.1 Å². The third-order valence-corrected chi connectivity index (χ3v) is 11.3. The van der Waals surface area contributed by atoms with Gasteiger partial charge in [-0.1, -0.05) is 13.0 Å². The predicted octanol–water partition coefficient (Wildman–Crippen LogP) is 3.23. The molecule has 14 heteroatoms. The summed E-state index contributed by atoms with van der Waals surface area (Å²) < 4.78 is 75.1. The minimum atomic E-state index is -3.98. The number of ether oxygens (including phenoxy) is 1. The smallest absolute Gasteiger partial charge is 0.271 e. The average Bonchev–Trinajstić information content (AvgIpc) is 3.47. The van der Waals surface area contributed by atoms with E-state index in [-0.39, 0.29) is 51.7 Å². The molecule has 2 N–H and O–H groups in total. The summed E-state index contributed by atoms with van der Waals surface area (Å²) in [5.74, 6) is -1.25. The standard InChI is InChI=1S/C26H30FN3O7S3/c1-17-14-30(18(2)16-31)26(32)22-13-20(28-39(33,34)25-5-4-12-38-25)8-11-23(22)37-24(17)15-29(3)40(35,36)21-9-6-19(27)7-10-21/h4-13,17-18,24,28,31H,14-16H2,1-3H3/t17-,18+,24-/m0/s1. The van der Waals surface area contributed by atoms with Gasteiger partial charge in [-0.3, -0.25) is 9.52 Å². The van der Waals surface area contributed by atoms with Gasteiger partial charge in [-0.15, -0.1) is 11.3 Å². The fourth-order valence-corrected chi connectivity index (χ4v) is 7.49. The van der Waals surface area contributed by atoms with E-state index >= 15 is 0 Å². The second-order valence-electron chi connectivity index (χ2n) is 9.61. The van der Waals surface area contributed by atoms with Gasteiger partial charge in [0.1, 0.15) is 21.9 Å². The van der Waals surface area contributed by atoms with Gasteiger partial charge in [-0.2, -0.15) is 4.31 Å². The molecule has 0 aliphatic carbocycles. The Hall–Kier alpha value is -3.04. The minimum Gasteiger partial charge on any atom is -0.488 e. The van der Waals surface area contributed by atoms with E-state index in [0.717, 1.165) is 27.8 Å². The molecule has 0 bridgehead atoms. The normalized spacial score (nSPS) is 18.9. The van der Waals surface area contributed by atoms with E-state index in [1.807, 2.05) is 6.92 Å². The Labute approximate surface area is 237 Å². The lowest BCUT2D eigenvalue weighted by Crippen LogP contribution is -2.50. The fourth-order valence-electron chi connectivity index (χ4n) is 4.26. The van der Waals surface area contributed by atoms with Crippen molar-refractivity contribution in [3.63, 3.8) is 0 Å². The van der Waals surface area contributed by atoms with Gasteiger partial charge >= 0.3 is 0 Å². The molecule has 0 saturated heterocycles. The number of aliphatic hydroxyl groups is 1. The van der Waals surface area contributed by atoms with Crippen molar-refractivity contribution >= 4 is 43.0 Å². The van der Waals surface area contributed by atoms with Gasteiger partial charge in [0, 0.05) is 25.2 Å². The minimum absolute atomic E-state index is 0.0626. The fraction of sp³-hybridized carbons (Fsp3) is 0.346. The quantitative estimate of drug-likeness (QED) is 0.380. The van der Waals surface area contributed by atoms with Gasteiger partial charge in [-0.05, 0) is 60.8 Å². The summed E-state index contributed by atoms with van der Waals surface area (Å²) in [5.41, 5.74) is 0.203. The summed E-state index contributed by atoms with van der Waals surface area (Å²) >= 11 is 1.05. The summed E-state index contributed by atoms with van der Waals surface area (Å²) in [6, 6.07) is 11.3. The van der Waals surface area contributed by atoms with Crippen molar-refractivity contribution in [2.75, 3.05) is 31.5 Å². The molecule has 1 aromatic heterocycles. The molecule has 2 heterocycles. The Morgan fingerprint density at radius 3 is 2.50 bits per heavy atom. The number of hydrogen-bond acceptors (Lipinski definition) is 8. The van der Waals surface area contributed by atoms with Gasteiger partial charge in [0.05, 0.1) is 29.7 Å². The number of benzene rings is 2. The lowest BCUT2D eigenvalue weighted by atomic mass is 9.99. The number of nitrogens with zero attached hydrogens (tertiary/aromatic N) is 2. The zero-order valence-electron chi connectivity index (χ0n) is 22.0. The number of likely N-dealkylation sites (N-methyl/N-ethyl adjacent to an activating group) is 1. The number of carbonyl (C=O) groups is 1. The molecule has 4 rings (SSSR count). The number of fused-ring (bicyclic) bond motifs is 1. The van der Waals surface area contributed by atoms with Gasteiger partial charge in [0.25, 0.3) is 15.9 Å². The SMILES string of the molecule is C[C@H](CO)N1C[C@H](C)[C@H](CN(C)S(=O)(=O)c2ccc(F)cc2)Oc2ccc(NS(=O)(=O)c3cccs3)cc2C1=O. The van der Waals surface area contributed by atoms with Crippen LogP contribution in [0.2, 0.25) is 0 Å². The molecule has 1 amide bonds. The molecule has 1 aliphatic heterocycles. The maximum absolute atomic E-state index is 13.6. The maximum atomic E-state index is 13.6. The highest BCUT2D eigenvalue weighted by atomic mass is 32.2. The Kier molecular flexibility index (Phi) is 8.85. The number of carbonyl (C=O) groups excluding carboxylic acids is 1. The van der Waals surface area contributed by atoms with Crippen LogP contribution >= 0.6 is 11.3 Å². The van der Waals surface area contributed by atoms with Crippen LogP contribution in [0.3, 0.4) is 0 Å². The number of halogens is 1. The molecule has 216 valence electrons. The van der Waals surface area contributed by atoms with E-state index in [1.54, 1.807) is 18.4 Å². The summed E-state index contributed by atoms with van der Waals surface area (Å²) in [5, 5.41) is 11.5. The number of hydrogen-bond donors (Lipinski definition) is 2. The van der Waals surface area contributed by atoms with Crippen LogP contribution in [0.25, 0.3) is 0 Å². The first-order valence-electron chi connectivity index (χ1n) is 12.3. The molecular weight excluding hydrogens is 581 g/mol. The summed E-state index contributed by atoms with van der Waals surface area (Å²) in [6.07, 6.45) is -0.728. The third kappa shape index (κ3) is 6.31. The van der Waals surface area contributed by atoms with E-state index in [4.69, 9.17) is 4.74 Å². The van der Waals surface area contributed by atoms with Crippen molar-refractivity contribution in [3.8, 4) is 5.75 Å². The molecule has 1 aliphatic rings. The Balaban J connectivity index is 1.68. The molecule has 3 atom stereocenters. The molecular formula is C26H30FN3O7S3. The van der Waals surface area contributed by atoms with Gasteiger partial charge in [0.2, 0.25) is 10.0 Å². The Morgan fingerprint density at radius 1 is 1.18 bits per heavy atom. The first-order chi connectivity index (χ1) is 18.8. The van der Waals surface area contributed by atoms with Crippen molar-refractivity contribution in [2.24, 2.45) is 5.92 Å². The maximum Gasteiger partial charge on any atom is 0.271 e. The molecule has 2 aromatic carbocycles. The van der Waals surface area contributed by atoms with Crippen LogP contribution in [0.1, 0.15) is 24.2 Å². The summed E-state index contributed by atoms with van der Waals surface area (Å²) in [7, 11) is -6.48. The van der Waals surface area contributed by atoms with E-state index in [0.29, 0.717) is 0 Å². The third-order valence-electron chi connectivity index (χ3n) is 6.64. The number of anilines is 1. The molecule has 3 aromatic rings. The number of aliphatic hydroxyl groups excluding tert-OH is 1. The van der Waals surface area contributed by atoms with Crippen LogP contribution in [-0.4, -0.2) is 75.9 Å². The van der Waals surface area contributed by atoms with Gasteiger partial charge < -0.3 is 14.7 Å². The van der Waals surface area contributed by atoms with E-state index in [1.165, 1.54) is 48.3 Å². The first-order valence-corrected chi connectivity index (χ1v) is 16.1. The molecule has 0 radical (unpaired) electrons. The summed E-state index contributed by atoms with van der Waals surface area (Å²) in [4.78, 5) is 15.0. The van der Waals surface area contributed by atoms with Crippen LogP contribution in [0, 0.1) is 11.7 Å². The molecule has 0 unspecified atom stereocenters. The van der Waals surface area contributed by atoms with Crippen LogP contribution in [0.15, 0.2) is 69.1 Å². The number of thiophene rings is 1. The van der Waals surface area contributed by atoms with E-state index < -0.39 is 43.9 Å². The second-order valence-corrected chi connectivity index (χ2v) is 14.5. The zero-order valence-corrected chi connectivity index (χ0v) is 24.5. The number of rotatable bonds is 9. The van der Waals surface area contributed by atoms with Crippen LogP contribution < -0.4 is 9.46 Å². The van der Waals surface area contributed by atoms with Crippen LogP contribution in [-0.2, 0) is 20.0 Å². The Bertz CT molecular complexity index is 1560. The second kappa shape index (κ2) is 11.8. The monoisotopic (exact) mass is 611 g/mol. The lowest BCUT2D eigenvalue weighted by molar-refractivity contribution is 0.0387. The molecule has 40 heavy (non-hydrogen) atoms. The average molecular weight is 612 g/mol. The highest BCUT2D eigenvalue weighted by molar-refractivity contribution is 7.94. The molecule has 0 fully saturated rings.